The fourth-order valence-electron chi connectivity index (χ4n) is 1.77. The molecule has 18 heavy (non-hydrogen) atoms. The van der Waals surface area contributed by atoms with Gasteiger partial charge in [-0.25, -0.2) is 21.6 Å². The molecule has 9 heteroatoms. The molecule has 1 rings (SSSR count). The lowest BCUT2D eigenvalue weighted by Crippen LogP contribution is -2.37. The molecule has 0 amide bonds. The van der Waals surface area contributed by atoms with Crippen molar-refractivity contribution in [3.8, 4) is 0 Å². The van der Waals surface area contributed by atoms with E-state index < -0.39 is 31.2 Å². The zero-order chi connectivity index (χ0) is 13.8. The Balaban J connectivity index is 2.42. The van der Waals surface area contributed by atoms with Crippen LogP contribution >= 0.6 is 0 Å². The van der Waals surface area contributed by atoms with Crippen LogP contribution in [0.3, 0.4) is 0 Å². The summed E-state index contributed by atoms with van der Waals surface area (Å²) in [5.74, 6) is -0.395. The molecule has 0 aliphatic carbocycles. The standard InChI is InChI=1S/C9H19NO6S2/c1-16-6-8(11)2-4-10-18(14,15)9-3-5-17(12,13)7-9/h8-11H,2-7H2,1H3. The van der Waals surface area contributed by atoms with E-state index in [1.807, 2.05) is 0 Å². The van der Waals surface area contributed by atoms with E-state index in [2.05, 4.69) is 4.72 Å². The number of rotatable bonds is 7. The van der Waals surface area contributed by atoms with Gasteiger partial charge < -0.3 is 9.84 Å². The first-order chi connectivity index (χ1) is 8.27. The van der Waals surface area contributed by atoms with Gasteiger partial charge in [-0.2, -0.15) is 0 Å². The highest BCUT2D eigenvalue weighted by molar-refractivity contribution is 7.95. The third kappa shape index (κ3) is 4.81. The lowest BCUT2D eigenvalue weighted by Gasteiger charge is -2.13. The summed E-state index contributed by atoms with van der Waals surface area (Å²) in [5, 5.41) is 8.47. The van der Waals surface area contributed by atoms with E-state index in [-0.39, 0.29) is 37.5 Å². The van der Waals surface area contributed by atoms with Gasteiger partial charge in [-0.15, -0.1) is 0 Å². The quantitative estimate of drug-likeness (QED) is 0.591. The molecule has 1 fully saturated rings. The number of aliphatic hydroxyl groups is 1. The van der Waals surface area contributed by atoms with Crippen LogP contribution in [-0.2, 0) is 24.6 Å². The van der Waals surface area contributed by atoms with Crippen LogP contribution in [0.4, 0.5) is 0 Å². The van der Waals surface area contributed by atoms with Crippen LogP contribution in [-0.4, -0.2) is 65.1 Å². The number of nitrogens with one attached hydrogen (secondary N) is 1. The van der Waals surface area contributed by atoms with E-state index in [4.69, 9.17) is 4.74 Å². The van der Waals surface area contributed by atoms with E-state index in [1.54, 1.807) is 0 Å². The molecule has 1 heterocycles. The summed E-state index contributed by atoms with van der Waals surface area (Å²) in [4.78, 5) is 0. The first-order valence-electron chi connectivity index (χ1n) is 5.63. The number of sulfonamides is 1. The van der Waals surface area contributed by atoms with Gasteiger partial charge in [-0.1, -0.05) is 0 Å². The van der Waals surface area contributed by atoms with Gasteiger partial charge in [0.2, 0.25) is 10.0 Å². The summed E-state index contributed by atoms with van der Waals surface area (Å²) >= 11 is 0. The molecule has 7 nitrogen and oxygen atoms in total. The second-order valence-electron chi connectivity index (χ2n) is 4.36. The van der Waals surface area contributed by atoms with Crippen LogP contribution < -0.4 is 4.72 Å². The molecule has 0 spiro atoms. The van der Waals surface area contributed by atoms with Gasteiger partial charge in [0.15, 0.2) is 9.84 Å². The van der Waals surface area contributed by atoms with Crippen molar-refractivity contribution in [1.29, 1.82) is 0 Å². The largest absolute Gasteiger partial charge is 0.391 e. The number of ether oxygens (including phenoxy) is 1. The average Bonchev–Trinajstić information content (AvgIpc) is 2.59. The molecule has 0 aromatic carbocycles. The van der Waals surface area contributed by atoms with Crippen LogP contribution in [0.25, 0.3) is 0 Å². The summed E-state index contributed by atoms with van der Waals surface area (Å²) in [5.41, 5.74) is 0. The van der Waals surface area contributed by atoms with Crippen LogP contribution in [0.2, 0.25) is 0 Å². The minimum atomic E-state index is -3.62. The maximum atomic E-state index is 11.8. The fourth-order valence-corrected chi connectivity index (χ4v) is 5.86. The number of hydrogen-bond donors (Lipinski definition) is 2. The van der Waals surface area contributed by atoms with Crippen LogP contribution in [0.15, 0.2) is 0 Å². The Labute approximate surface area is 107 Å². The van der Waals surface area contributed by atoms with Gasteiger partial charge in [0.05, 0.1) is 29.5 Å². The summed E-state index contributed by atoms with van der Waals surface area (Å²) in [6, 6.07) is 0. The number of methoxy groups -OCH3 is 1. The highest BCUT2D eigenvalue weighted by Gasteiger charge is 2.36. The van der Waals surface area contributed by atoms with Gasteiger partial charge in [0.25, 0.3) is 0 Å². The van der Waals surface area contributed by atoms with Crippen molar-refractivity contribution in [2.75, 3.05) is 31.8 Å². The van der Waals surface area contributed by atoms with Crippen molar-refractivity contribution >= 4 is 19.9 Å². The molecule has 2 N–H and O–H groups in total. The first-order valence-corrected chi connectivity index (χ1v) is 8.99. The van der Waals surface area contributed by atoms with Gasteiger partial charge in [-0.3, -0.25) is 0 Å². The lowest BCUT2D eigenvalue weighted by molar-refractivity contribution is 0.0603. The van der Waals surface area contributed by atoms with Gasteiger partial charge in [0.1, 0.15) is 0 Å². The van der Waals surface area contributed by atoms with Crippen molar-refractivity contribution in [2.24, 2.45) is 0 Å². The highest BCUT2D eigenvalue weighted by Crippen LogP contribution is 2.18. The Bertz CT molecular complexity index is 457. The summed E-state index contributed by atoms with van der Waals surface area (Å²) in [6.45, 7) is 0.211. The molecule has 0 bridgehead atoms. The smallest absolute Gasteiger partial charge is 0.215 e. The highest BCUT2D eigenvalue weighted by atomic mass is 32.2. The van der Waals surface area contributed by atoms with Crippen molar-refractivity contribution in [2.45, 2.75) is 24.2 Å². The summed E-state index contributed by atoms with van der Waals surface area (Å²) < 4.78 is 53.0. The van der Waals surface area contributed by atoms with Crippen molar-refractivity contribution in [3.05, 3.63) is 0 Å². The molecule has 1 aliphatic heterocycles. The molecule has 1 aliphatic rings. The van der Waals surface area contributed by atoms with Crippen molar-refractivity contribution in [1.82, 2.24) is 4.72 Å². The Hall–Kier alpha value is -0.220. The van der Waals surface area contributed by atoms with Gasteiger partial charge in [0, 0.05) is 13.7 Å². The number of aliphatic hydroxyl groups excluding tert-OH is 1. The number of hydrogen-bond acceptors (Lipinski definition) is 6. The minimum absolute atomic E-state index is 0.0728. The normalized spacial score (nSPS) is 25.1. The topological polar surface area (TPSA) is 110 Å². The van der Waals surface area contributed by atoms with E-state index in [9.17, 15) is 21.9 Å². The van der Waals surface area contributed by atoms with Crippen LogP contribution in [0.1, 0.15) is 12.8 Å². The van der Waals surface area contributed by atoms with Crippen molar-refractivity contribution in [3.63, 3.8) is 0 Å². The maximum absolute atomic E-state index is 11.8. The minimum Gasteiger partial charge on any atom is -0.391 e. The molecular weight excluding hydrogens is 282 g/mol. The molecule has 0 saturated carbocycles. The zero-order valence-corrected chi connectivity index (χ0v) is 11.8. The average molecular weight is 301 g/mol. The lowest BCUT2D eigenvalue weighted by atomic mass is 10.3. The Kier molecular flexibility index (Phi) is 5.53. The SMILES string of the molecule is COCC(O)CCNS(=O)(=O)C1CCS(=O)(=O)C1. The molecule has 108 valence electrons. The van der Waals surface area contributed by atoms with E-state index in [1.165, 1.54) is 7.11 Å². The van der Waals surface area contributed by atoms with Crippen LogP contribution in [0.5, 0.6) is 0 Å². The Morgan fingerprint density at radius 2 is 2.17 bits per heavy atom. The zero-order valence-electron chi connectivity index (χ0n) is 10.2. The first kappa shape index (κ1) is 15.8. The molecule has 2 atom stereocenters. The second-order valence-corrected chi connectivity index (χ2v) is 8.64. The molecule has 0 radical (unpaired) electrons. The Morgan fingerprint density at radius 1 is 1.50 bits per heavy atom. The third-order valence-corrected chi connectivity index (χ3v) is 6.63. The predicted molar refractivity (Wildman–Crippen MR) is 66.5 cm³/mol. The second kappa shape index (κ2) is 6.29. The number of sulfone groups is 1. The summed E-state index contributed by atoms with van der Waals surface area (Å²) in [6.07, 6.45) is -0.366. The fraction of sp³-hybridized carbons (Fsp3) is 1.00. The van der Waals surface area contributed by atoms with E-state index >= 15 is 0 Å². The van der Waals surface area contributed by atoms with Crippen LogP contribution in [0, 0.1) is 0 Å². The summed E-state index contributed by atoms with van der Waals surface area (Å²) in [7, 11) is -5.40. The third-order valence-electron chi connectivity index (χ3n) is 2.77. The predicted octanol–water partition coefficient (Wildman–Crippen LogP) is -1.51. The van der Waals surface area contributed by atoms with Gasteiger partial charge >= 0.3 is 0 Å². The molecular formula is C9H19NO6S2. The van der Waals surface area contributed by atoms with E-state index in [0.29, 0.717) is 0 Å². The van der Waals surface area contributed by atoms with Crippen molar-refractivity contribution < 1.29 is 26.7 Å². The van der Waals surface area contributed by atoms with E-state index in [0.717, 1.165) is 0 Å². The molecule has 0 aromatic heterocycles. The maximum Gasteiger partial charge on any atom is 0.215 e. The monoisotopic (exact) mass is 301 g/mol. The van der Waals surface area contributed by atoms with Gasteiger partial charge in [-0.05, 0) is 12.8 Å². The molecule has 1 saturated heterocycles. The molecule has 0 aromatic rings. The molecule has 2 unspecified atom stereocenters. The Morgan fingerprint density at radius 3 is 2.67 bits per heavy atom.